The number of aliphatic hydroxyl groups excluding tert-OH is 2. The number of aromatic nitrogens is 2. The molecule has 0 aromatic carbocycles. The van der Waals surface area contributed by atoms with Crippen molar-refractivity contribution >= 4 is 5.91 Å². The smallest absolute Gasteiger partial charge is 0.253 e. The summed E-state index contributed by atoms with van der Waals surface area (Å²) in [5.41, 5.74) is 0.558. The van der Waals surface area contributed by atoms with Crippen molar-refractivity contribution in [3.8, 4) is 0 Å². The van der Waals surface area contributed by atoms with Crippen LogP contribution in [0.15, 0.2) is 6.07 Å². The topological polar surface area (TPSA) is 95.3 Å². The fraction of sp³-hybridized carbons (Fsp3) is 0.583. The Morgan fingerprint density at radius 3 is 2.44 bits per heavy atom. The zero-order valence-corrected chi connectivity index (χ0v) is 10.9. The highest BCUT2D eigenvalue weighted by Crippen LogP contribution is 2.12. The van der Waals surface area contributed by atoms with Crippen molar-refractivity contribution < 1.29 is 15.0 Å². The van der Waals surface area contributed by atoms with Crippen LogP contribution in [-0.4, -0.2) is 45.1 Å². The molecule has 0 aliphatic heterocycles. The highest BCUT2D eigenvalue weighted by molar-refractivity contribution is 5.95. The number of carbonyl (C=O) groups excluding carboxylic acids is 1. The number of rotatable bonds is 5. The molecular weight excluding hydrogens is 234 g/mol. The van der Waals surface area contributed by atoms with E-state index in [-0.39, 0.29) is 19.1 Å². The van der Waals surface area contributed by atoms with E-state index in [9.17, 15) is 15.0 Å². The van der Waals surface area contributed by atoms with Crippen LogP contribution in [0.4, 0.5) is 0 Å². The molecule has 6 heteroatoms. The number of carbonyl (C=O) groups is 1. The highest BCUT2D eigenvalue weighted by Gasteiger charge is 2.29. The van der Waals surface area contributed by atoms with Crippen LogP contribution >= 0.6 is 0 Å². The minimum atomic E-state index is -0.999. The molecule has 6 nitrogen and oxygen atoms in total. The lowest BCUT2D eigenvalue weighted by molar-refractivity contribution is 0.0652. The molecule has 18 heavy (non-hydrogen) atoms. The minimum Gasteiger partial charge on any atom is -0.394 e. The van der Waals surface area contributed by atoms with Crippen LogP contribution in [0.1, 0.15) is 35.1 Å². The molecule has 0 unspecified atom stereocenters. The molecule has 0 spiro atoms. The highest BCUT2D eigenvalue weighted by atomic mass is 16.3. The maximum atomic E-state index is 12.1. The average molecular weight is 253 g/mol. The van der Waals surface area contributed by atoms with Crippen molar-refractivity contribution in [2.75, 3.05) is 13.2 Å². The number of nitrogens with one attached hydrogen (secondary N) is 1. The molecule has 0 fully saturated rings. The van der Waals surface area contributed by atoms with Gasteiger partial charge in [-0.3, -0.25) is 4.79 Å². The van der Waals surface area contributed by atoms with Crippen LogP contribution in [-0.2, 0) is 0 Å². The first-order valence-electron chi connectivity index (χ1n) is 5.83. The van der Waals surface area contributed by atoms with Crippen molar-refractivity contribution in [1.29, 1.82) is 0 Å². The van der Waals surface area contributed by atoms with Crippen molar-refractivity contribution in [2.45, 2.75) is 32.7 Å². The molecule has 1 heterocycles. The van der Waals surface area contributed by atoms with Crippen LogP contribution < -0.4 is 5.32 Å². The molecule has 0 aliphatic rings. The Kier molecular flexibility index (Phi) is 4.75. The summed E-state index contributed by atoms with van der Waals surface area (Å²) in [5.74, 6) is -0.365. The molecule has 1 aromatic heterocycles. The lowest BCUT2D eigenvalue weighted by Gasteiger charge is -2.29. The van der Waals surface area contributed by atoms with E-state index in [1.54, 1.807) is 26.8 Å². The monoisotopic (exact) mass is 253 g/mol. The molecule has 1 rings (SSSR count). The van der Waals surface area contributed by atoms with Crippen LogP contribution in [0, 0.1) is 13.8 Å². The van der Waals surface area contributed by atoms with Crippen LogP contribution in [0.5, 0.6) is 0 Å². The molecule has 0 saturated carbocycles. The largest absolute Gasteiger partial charge is 0.394 e. The Bertz CT molecular complexity index is 422. The second-order valence-electron chi connectivity index (χ2n) is 4.39. The SMILES string of the molecule is CCC(CO)(CO)NC(=O)c1cc(C)nnc1C. The van der Waals surface area contributed by atoms with Gasteiger partial charge in [-0.15, -0.1) is 0 Å². The van der Waals surface area contributed by atoms with Gasteiger partial charge in [0, 0.05) is 0 Å². The van der Waals surface area contributed by atoms with E-state index in [4.69, 9.17) is 0 Å². The summed E-state index contributed by atoms with van der Waals surface area (Å²) in [7, 11) is 0. The van der Waals surface area contributed by atoms with Crippen LogP contribution in [0.3, 0.4) is 0 Å². The predicted octanol–water partition coefficient (Wildman–Crippen LogP) is -0.0434. The number of nitrogens with zero attached hydrogens (tertiary/aromatic N) is 2. The summed E-state index contributed by atoms with van der Waals surface area (Å²) in [6, 6.07) is 1.63. The van der Waals surface area contributed by atoms with E-state index in [2.05, 4.69) is 15.5 Å². The van der Waals surface area contributed by atoms with Gasteiger partial charge in [0.25, 0.3) is 5.91 Å². The maximum absolute atomic E-state index is 12.1. The number of hydrogen-bond acceptors (Lipinski definition) is 5. The van der Waals surface area contributed by atoms with E-state index >= 15 is 0 Å². The maximum Gasteiger partial charge on any atom is 0.253 e. The number of aliphatic hydroxyl groups is 2. The Balaban J connectivity index is 2.97. The molecular formula is C12H19N3O3. The number of amides is 1. The molecule has 1 amide bonds. The lowest BCUT2D eigenvalue weighted by Crippen LogP contribution is -2.54. The zero-order valence-electron chi connectivity index (χ0n) is 10.9. The van der Waals surface area contributed by atoms with Crippen LogP contribution in [0.25, 0.3) is 0 Å². The summed E-state index contributed by atoms with van der Waals surface area (Å²) in [6.45, 7) is 4.58. The summed E-state index contributed by atoms with van der Waals surface area (Å²) >= 11 is 0. The molecule has 3 N–H and O–H groups in total. The number of aryl methyl sites for hydroxylation is 2. The normalized spacial score (nSPS) is 11.4. The van der Waals surface area contributed by atoms with Gasteiger partial charge in [-0.25, -0.2) is 0 Å². The van der Waals surface area contributed by atoms with E-state index in [0.717, 1.165) is 0 Å². The number of hydrogen-bond donors (Lipinski definition) is 3. The third kappa shape index (κ3) is 3.02. The van der Waals surface area contributed by atoms with Gasteiger partial charge in [0.1, 0.15) is 0 Å². The van der Waals surface area contributed by atoms with Gasteiger partial charge < -0.3 is 15.5 Å². The Labute approximate surface area is 106 Å². The fourth-order valence-electron chi connectivity index (χ4n) is 1.53. The first-order valence-corrected chi connectivity index (χ1v) is 5.83. The van der Waals surface area contributed by atoms with Gasteiger partial charge in [0.15, 0.2) is 0 Å². The average Bonchev–Trinajstić information content (AvgIpc) is 2.38. The third-order valence-electron chi connectivity index (χ3n) is 3.01. The first-order chi connectivity index (χ1) is 8.48. The summed E-state index contributed by atoms with van der Waals surface area (Å²) in [5, 5.41) is 29.0. The Hall–Kier alpha value is -1.53. The van der Waals surface area contributed by atoms with Gasteiger partial charge in [0.05, 0.1) is 35.7 Å². The Morgan fingerprint density at radius 2 is 1.94 bits per heavy atom. The van der Waals surface area contributed by atoms with E-state index in [1.807, 2.05) is 0 Å². The van der Waals surface area contributed by atoms with Gasteiger partial charge in [-0.05, 0) is 26.3 Å². The lowest BCUT2D eigenvalue weighted by atomic mass is 9.97. The van der Waals surface area contributed by atoms with Crippen molar-refractivity contribution in [3.63, 3.8) is 0 Å². The molecule has 0 saturated heterocycles. The fourth-order valence-corrected chi connectivity index (χ4v) is 1.53. The molecule has 0 atom stereocenters. The summed E-state index contributed by atoms with van der Waals surface area (Å²) < 4.78 is 0. The third-order valence-corrected chi connectivity index (χ3v) is 3.01. The van der Waals surface area contributed by atoms with Gasteiger partial charge in [-0.1, -0.05) is 6.92 Å². The second kappa shape index (κ2) is 5.88. The van der Waals surface area contributed by atoms with Gasteiger partial charge in [-0.2, -0.15) is 10.2 Å². The van der Waals surface area contributed by atoms with Crippen molar-refractivity contribution in [2.24, 2.45) is 0 Å². The summed E-state index contributed by atoms with van der Waals surface area (Å²) in [6.07, 6.45) is 0.433. The van der Waals surface area contributed by atoms with Crippen LogP contribution in [0.2, 0.25) is 0 Å². The van der Waals surface area contributed by atoms with Gasteiger partial charge in [0.2, 0.25) is 0 Å². The zero-order chi connectivity index (χ0) is 13.8. The van der Waals surface area contributed by atoms with Gasteiger partial charge >= 0.3 is 0 Å². The first kappa shape index (κ1) is 14.5. The van der Waals surface area contributed by atoms with E-state index in [1.165, 1.54) is 0 Å². The molecule has 100 valence electrons. The summed E-state index contributed by atoms with van der Waals surface area (Å²) in [4.78, 5) is 12.1. The standard InChI is InChI=1S/C12H19N3O3/c1-4-12(6-16,7-17)13-11(18)10-5-8(2)14-15-9(10)3/h5,16-17H,4,6-7H2,1-3H3,(H,13,18). The Morgan fingerprint density at radius 1 is 1.33 bits per heavy atom. The van der Waals surface area contributed by atoms with E-state index < -0.39 is 5.54 Å². The molecule has 0 bridgehead atoms. The molecule has 1 aromatic rings. The second-order valence-corrected chi connectivity index (χ2v) is 4.39. The predicted molar refractivity (Wildman–Crippen MR) is 66.2 cm³/mol. The van der Waals surface area contributed by atoms with E-state index in [0.29, 0.717) is 23.4 Å². The minimum absolute atomic E-state index is 0.317. The van der Waals surface area contributed by atoms with Crippen molar-refractivity contribution in [1.82, 2.24) is 15.5 Å². The van der Waals surface area contributed by atoms with Crippen molar-refractivity contribution in [3.05, 3.63) is 23.0 Å². The molecule has 0 radical (unpaired) electrons. The molecule has 0 aliphatic carbocycles. The quantitative estimate of drug-likeness (QED) is 0.684.